The standard InChI is InChI=1S/C6H9N3O2/c1-4-8-3-5(11-10)6(7-2)9-4/h3,10H,1-2H3,(H,7,8,9). The molecule has 0 atom stereocenters. The Kier molecular flexibility index (Phi) is 2.22. The number of hydrogen-bond acceptors (Lipinski definition) is 5. The van der Waals surface area contributed by atoms with Gasteiger partial charge in [-0.05, 0) is 6.92 Å². The summed E-state index contributed by atoms with van der Waals surface area (Å²) >= 11 is 0. The molecule has 5 nitrogen and oxygen atoms in total. The minimum Gasteiger partial charge on any atom is -0.370 e. The first kappa shape index (κ1) is 7.74. The highest BCUT2D eigenvalue weighted by molar-refractivity contribution is 5.47. The van der Waals surface area contributed by atoms with Gasteiger partial charge < -0.3 is 10.2 Å². The minimum absolute atomic E-state index is 0.220. The zero-order chi connectivity index (χ0) is 8.27. The molecule has 0 bridgehead atoms. The Hall–Kier alpha value is -1.36. The molecule has 11 heavy (non-hydrogen) atoms. The monoisotopic (exact) mass is 155 g/mol. The van der Waals surface area contributed by atoms with Crippen molar-refractivity contribution in [2.24, 2.45) is 0 Å². The van der Waals surface area contributed by atoms with Crippen LogP contribution in [0.1, 0.15) is 5.82 Å². The molecule has 2 N–H and O–H groups in total. The predicted octanol–water partition coefficient (Wildman–Crippen LogP) is 0.679. The van der Waals surface area contributed by atoms with Gasteiger partial charge in [-0.3, -0.25) is 0 Å². The van der Waals surface area contributed by atoms with Gasteiger partial charge in [0.2, 0.25) is 5.75 Å². The van der Waals surface area contributed by atoms with Crippen LogP contribution in [0.4, 0.5) is 5.82 Å². The summed E-state index contributed by atoms with van der Waals surface area (Å²) in [4.78, 5) is 11.8. The van der Waals surface area contributed by atoms with E-state index in [1.165, 1.54) is 6.20 Å². The minimum atomic E-state index is 0.220. The summed E-state index contributed by atoms with van der Waals surface area (Å²) in [6.07, 6.45) is 1.40. The van der Waals surface area contributed by atoms with E-state index in [0.717, 1.165) is 0 Å². The number of hydrogen-bond donors (Lipinski definition) is 2. The van der Waals surface area contributed by atoms with E-state index in [9.17, 15) is 0 Å². The number of aryl methyl sites for hydroxylation is 1. The van der Waals surface area contributed by atoms with E-state index in [1.807, 2.05) is 0 Å². The first-order valence-electron chi connectivity index (χ1n) is 3.10. The molecule has 0 saturated heterocycles. The van der Waals surface area contributed by atoms with E-state index in [2.05, 4.69) is 20.2 Å². The second-order valence-electron chi connectivity index (χ2n) is 1.97. The molecule has 0 unspecified atom stereocenters. The lowest BCUT2D eigenvalue weighted by Crippen LogP contribution is -1.99. The molecule has 0 aromatic carbocycles. The third kappa shape index (κ3) is 1.56. The Bertz CT molecular complexity index is 252. The summed E-state index contributed by atoms with van der Waals surface area (Å²) in [5, 5.41) is 11.1. The average Bonchev–Trinajstić information content (AvgIpc) is 2.04. The van der Waals surface area contributed by atoms with E-state index < -0.39 is 0 Å². The quantitative estimate of drug-likeness (QED) is 0.485. The van der Waals surface area contributed by atoms with E-state index in [-0.39, 0.29) is 5.75 Å². The summed E-state index contributed by atoms with van der Waals surface area (Å²) in [5.74, 6) is 1.31. The lowest BCUT2D eigenvalue weighted by atomic mass is 10.5. The molecule has 0 aliphatic rings. The van der Waals surface area contributed by atoms with Crippen LogP contribution in [0, 0.1) is 6.92 Å². The second kappa shape index (κ2) is 3.16. The van der Waals surface area contributed by atoms with Gasteiger partial charge in [-0.1, -0.05) is 0 Å². The third-order valence-electron chi connectivity index (χ3n) is 1.21. The Balaban J connectivity index is 3.06. The molecule has 0 radical (unpaired) electrons. The maximum absolute atomic E-state index is 8.32. The smallest absolute Gasteiger partial charge is 0.225 e. The van der Waals surface area contributed by atoms with E-state index in [1.54, 1.807) is 14.0 Å². The van der Waals surface area contributed by atoms with Crippen LogP contribution >= 0.6 is 0 Å². The van der Waals surface area contributed by atoms with Crippen molar-refractivity contribution >= 4 is 5.82 Å². The topological polar surface area (TPSA) is 67.3 Å². The number of nitrogens with zero attached hydrogens (tertiary/aromatic N) is 2. The Morgan fingerprint density at radius 2 is 2.36 bits per heavy atom. The average molecular weight is 155 g/mol. The summed E-state index contributed by atoms with van der Waals surface area (Å²) in [5.41, 5.74) is 0. The highest BCUT2D eigenvalue weighted by Gasteiger charge is 2.03. The molecule has 5 heteroatoms. The predicted molar refractivity (Wildman–Crippen MR) is 39.6 cm³/mol. The van der Waals surface area contributed by atoms with Gasteiger partial charge in [0.1, 0.15) is 5.82 Å². The first-order chi connectivity index (χ1) is 5.27. The van der Waals surface area contributed by atoms with Gasteiger partial charge in [-0.25, -0.2) is 15.2 Å². The Morgan fingerprint density at radius 1 is 1.64 bits per heavy atom. The van der Waals surface area contributed by atoms with E-state index >= 15 is 0 Å². The van der Waals surface area contributed by atoms with Crippen molar-refractivity contribution < 1.29 is 10.1 Å². The van der Waals surface area contributed by atoms with Crippen LogP contribution in [0.15, 0.2) is 6.20 Å². The van der Waals surface area contributed by atoms with Crippen molar-refractivity contribution in [1.29, 1.82) is 0 Å². The largest absolute Gasteiger partial charge is 0.370 e. The third-order valence-corrected chi connectivity index (χ3v) is 1.21. The van der Waals surface area contributed by atoms with Crippen molar-refractivity contribution in [2.45, 2.75) is 6.92 Å². The molecular weight excluding hydrogens is 146 g/mol. The Labute approximate surface area is 64.0 Å². The normalized spacial score (nSPS) is 9.36. The van der Waals surface area contributed by atoms with Gasteiger partial charge in [-0.2, -0.15) is 0 Å². The molecule has 0 fully saturated rings. The molecule has 1 aromatic rings. The van der Waals surface area contributed by atoms with Crippen LogP contribution in [0.5, 0.6) is 5.75 Å². The van der Waals surface area contributed by atoms with Gasteiger partial charge in [0, 0.05) is 7.05 Å². The van der Waals surface area contributed by atoms with Crippen molar-refractivity contribution in [2.75, 3.05) is 12.4 Å². The van der Waals surface area contributed by atoms with Crippen LogP contribution in [0.2, 0.25) is 0 Å². The number of nitrogens with one attached hydrogen (secondary N) is 1. The summed E-state index contributed by atoms with van der Waals surface area (Å²) in [6.45, 7) is 1.75. The fourth-order valence-corrected chi connectivity index (χ4v) is 0.705. The summed E-state index contributed by atoms with van der Waals surface area (Å²) < 4.78 is 0. The van der Waals surface area contributed by atoms with Crippen LogP contribution in [0.25, 0.3) is 0 Å². The lowest BCUT2D eigenvalue weighted by molar-refractivity contribution is -0.137. The first-order valence-corrected chi connectivity index (χ1v) is 3.10. The fourth-order valence-electron chi connectivity index (χ4n) is 0.705. The summed E-state index contributed by atoms with van der Waals surface area (Å²) in [7, 11) is 1.68. The molecule has 0 amide bonds. The van der Waals surface area contributed by atoms with Crippen molar-refractivity contribution in [3.63, 3.8) is 0 Å². The number of anilines is 1. The zero-order valence-corrected chi connectivity index (χ0v) is 6.33. The molecular formula is C6H9N3O2. The van der Waals surface area contributed by atoms with Crippen LogP contribution in [-0.4, -0.2) is 22.3 Å². The molecule has 1 heterocycles. The van der Waals surface area contributed by atoms with Gasteiger partial charge in [0.05, 0.1) is 6.20 Å². The highest BCUT2D eigenvalue weighted by Crippen LogP contribution is 2.18. The zero-order valence-electron chi connectivity index (χ0n) is 6.33. The van der Waals surface area contributed by atoms with Gasteiger partial charge in [0.25, 0.3) is 0 Å². The molecule has 1 rings (SSSR count). The number of rotatable bonds is 2. The fraction of sp³-hybridized carbons (Fsp3) is 0.333. The molecule has 0 aliphatic heterocycles. The van der Waals surface area contributed by atoms with Crippen molar-refractivity contribution in [3.8, 4) is 5.75 Å². The van der Waals surface area contributed by atoms with Gasteiger partial charge in [-0.15, -0.1) is 0 Å². The maximum atomic E-state index is 8.32. The van der Waals surface area contributed by atoms with E-state index in [0.29, 0.717) is 11.6 Å². The van der Waals surface area contributed by atoms with Gasteiger partial charge in [0.15, 0.2) is 5.82 Å². The lowest BCUT2D eigenvalue weighted by Gasteiger charge is -2.03. The van der Waals surface area contributed by atoms with Crippen molar-refractivity contribution in [3.05, 3.63) is 12.0 Å². The molecule has 0 spiro atoms. The van der Waals surface area contributed by atoms with Crippen LogP contribution in [0.3, 0.4) is 0 Å². The number of aromatic nitrogens is 2. The molecule has 60 valence electrons. The maximum Gasteiger partial charge on any atom is 0.225 e. The Morgan fingerprint density at radius 3 is 2.91 bits per heavy atom. The van der Waals surface area contributed by atoms with Gasteiger partial charge >= 0.3 is 0 Å². The van der Waals surface area contributed by atoms with Crippen LogP contribution < -0.4 is 10.2 Å². The molecule has 0 saturated carbocycles. The summed E-state index contributed by atoms with van der Waals surface area (Å²) in [6, 6.07) is 0. The SMILES string of the molecule is CNc1nc(C)ncc1OO. The van der Waals surface area contributed by atoms with Crippen molar-refractivity contribution in [1.82, 2.24) is 9.97 Å². The second-order valence-corrected chi connectivity index (χ2v) is 1.97. The van der Waals surface area contributed by atoms with Crippen LogP contribution in [-0.2, 0) is 0 Å². The molecule has 0 aliphatic carbocycles. The highest BCUT2D eigenvalue weighted by atomic mass is 17.1. The van der Waals surface area contributed by atoms with E-state index in [4.69, 9.17) is 5.26 Å². The molecule has 1 aromatic heterocycles.